The van der Waals surface area contributed by atoms with E-state index in [1.165, 1.54) is 6.39 Å². The van der Waals surface area contributed by atoms with Crippen LogP contribution in [-0.2, 0) is 4.79 Å². The minimum atomic E-state index is -1.08. The van der Waals surface area contributed by atoms with Gasteiger partial charge in [-0.1, -0.05) is 12.2 Å². The molecule has 1 saturated heterocycles. The van der Waals surface area contributed by atoms with E-state index >= 15 is 0 Å². The van der Waals surface area contributed by atoms with E-state index in [9.17, 15) is 9.59 Å². The lowest BCUT2D eigenvalue weighted by Gasteiger charge is -2.34. The topological polar surface area (TPSA) is 83.6 Å². The highest BCUT2D eigenvalue weighted by Gasteiger charge is 2.33. The largest absolute Gasteiger partial charge is 0.476 e. The fourth-order valence-corrected chi connectivity index (χ4v) is 3.37. The molecule has 1 aromatic heterocycles. The van der Waals surface area contributed by atoms with Gasteiger partial charge in [-0.15, -0.1) is 0 Å². The van der Waals surface area contributed by atoms with Gasteiger partial charge in [-0.25, -0.2) is 9.78 Å². The first-order valence-corrected chi connectivity index (χ1v) is 7.77. The van der Waals surface area contributed by atoms with Gasteiger partial charge in [0.15, 0.2) is 12.1 Å². The van der Waals surface area contributed by atoms with Crippen LogP contribution in [0.25, 0.3) is 0 Å². The zero-order valence-corrected chi connectivity index (χ0v) is 12.4. The molecule has 2 aliphatic rings. The van der Waals surface area contributed by atoms with Crippen LogP contribution in [0.5, 0.6) is 0 Å². The van der Waals surface area contributed by atoms with Gasteiger partial charge in [0.1, 0.15) is 5.76 Å². The summed E-state index contributed by atoms with van der Waals surface area (Å²) in [5.41, 5.74) is -0.0279. The normalized spacial score (nSPS) is 25.2. The fourth-order valence-electron chi connectivity index (χ4n) is 3.37. The van der Waals surface area contributed by atoms with Crippen LogP contribution in [0.3, 0.4) is 0 Å². The van der Waals surface area contributed by atoms with E-state index in [4.69, 9.17) is 9.52 Å². The third-order valence-electron chi connectivity index (χ3n) is 4.52. The highest BCUT2D eigenvalue weighted by atomic mass is 16.4. The summed E-state index contributed by atoms with van der Waals surface area (Å²) in [6, 6.07) is 0. The molecule has 118 valence electrons. The average molecular weight is 304 g/mol. The number of likely N-dealkylation sites (tertiary alicyclic amines) is 1. The van der Waals surface area contributed by atoms with Crippen LogP contribution in [0.4, 0.5) is 0 Å². The number of rotatable bonds is 3. The van der Waals surface area contributed by atoms with Gasteiger partial charge in [-0.3, -0.25) is 4.79 Å². The second-order valence-corrected chi connectivity index (χ2v) is 5.98. The molecule has 1 aliphatic carbocycles. The van der Waals surface area contributed by atoms with Gasteiger partial charge in [0, 0.05) is 24.9 Å². The molecule has 1 fully saturated rings. The number of carboxylic acids is 1. The summed E-state index contributed by atoms with van der Waals surface area (Å²) in [7, 11) is 0. The van der Waals surface area contributed by atoms with Crippen LogP contribution in [0.2, 0.25) is 0 Å². The lowest BCUT2D eigenvalue weighted by molar-refractivity contribution is -0.137. The molecule has 0 aromatic carbocycles. The van der Waals surface area contributed by atoms with Crippen molar-refractivity contribution >= 4 is 11.9 Å². The summed E-state index contributed by atoms with van der Waals surface area (Å²) in [4.78, 5) is 29.4. The number of oxazole rings is 1. The number of aromatic nitrogens is 1. The highest BCUT2D eigenvalue weighted by molar-refractivity contribution is 5.86. The Labute approximate surface area is 128 Å². The number of carbonyl (C=O) groups is 2. The Kier molecular flexibility index (Phi) is 4.27. The first-order chi connectivity index (χ1) is 10.7. The summed E-state index contributed by atoms with van der Waals surface area (Å²) in [6.07, 6.45) is 9.72. The minimum absolute atomic E-state index is 0.0279. The molecule has 1 amide bonds. The lowest BCUT2D eigenvalue weighted by atomic mass is 9.90. The van der Waals surface area contributed by atoms with E-state index < -0.39 is 5.97 Å². The van der Waals surface area contributed by atoms with E-state index in [1.807, 2.05) is 4.90 Å². The number of hydrogen-bond donors (Lipinski definition) is 1. The fraction of sp³-hybridized carbons (Fsp3) is 0.562. The molecule has 22 heavy (non-hydrogen) atoms. The Morgan fingerprint density at radius 1 is 1.32 bits per heavy atom. The Morgan fingerprint density at radius 2 is 2.18 bits per heavy atom. The van der Waals surface area contributed by atoms with E-state index in [0.29, 0.717) is 12.3 Å². The SMILES string of the molecule is O=C(O)c1ncoc1C1CCCN(C(=O)[C@@H]2CC=CCC2)C1. The van der Waals surface area contributed by atoms with Gasteiger partial charge >= 0.3 is 5.97 Å². The van der Waals surface area contributed by atoms with Crippen LogP contribution in [0.15, 0.2) is 23.0 Å². The van der Waals surface area contributed by atoms with E-state index in [2.05, 4.69) is 17.1 Å². The number of hydrogen-bond acceptors (Lipinski definition) is 4. The van der Waals surface area contributed by atoms with E-state index in [1.54, 1.807) is 0 Å². The maximum absolute atomic E-state index is 12.6. The summed E-state index contributed by atoms with van der Waals surface area (Å²) >= 11 is 0. The minimum Gasteiger partial charge on any atom is -0.476 e. The molecule has 2 atom stereocenters. The molecule has 0 bridgehead atoms. The smallest absolute Gasteiger partial charge is 0.358 e. The van der Waals surface area contributed by atoms with E-state index in [-0.39, 0.29) is 23.4 Å². The van der Waals surface area contributed by atoms with Gasteiger partial charge in [0.2, 0.25) is 5.91 Å². The molecule has 1 N–H and O–H groups in total. The van der Waals surface area contributed by atoms with Crippen molar-refractivity contribution in [2.75, 3.05) is 13.1 Å². The summed E-state index contributed by atoms with van der Waals surface area (Å²) < 4.78 is 5.30. The second-order valence-electron chi connectivity index (χ2n) is 5.98. The number of allylic oxidation sites excluding steroid dienone is 2. The van der Waals surface area contributed by atoms with Gasteiger partial charge in [-0.05, 0) is 32.1 Å². The maximum Gasteiger partial charge on any atom is 0.358 e. The summed E-state index contributed by atoms with van der Waals surface area (Å²) in [5.74, 6) is -0.508. The third-order valence-corrected chi connectivity index (χ3v) is 4.52. The average Bonchev–Trinajstić information content (AvgIpc) is 3.05. The number of piperidine rings is 1. The molecule has 1 unspecified atom stereocenters. The predicted molar refractivity (Wildman–Crippen MR) is 78.5 cm³/mol. The van der Waals surface area contributed by atoms with Gasteiger partial charge in [-0.2, -0.15) is 0 Å². The van der Waals surface area contributed by atoms with Gasteiger partial charge in [0.25, 0.3) is 0 Å². The van der Waals surface area contributed by atoms with Crippen LogP contribution < -0.4 is 0 Å². The molecular weight excluding hydrogens is 284 g/mol. The first-order valence-electron chi connectivity index (χ1n) is 7.77. The second kappa shape index (κ2) is 6.34. The number of carboxylic acid groups (broad SMARTS) is 1. The molecule has 1 aliphatic heterocycles. The van der Waals surface area contributed by atoms with Crippen molar-refractivity contribution in [3.05, 3.63) is 30.0 Å². The van der Waals surface area contributed by atoms with Crippen molar-refractivity contribution in [3.8, 4) is 0 Å². The molecule has 3 rings (SSSR count). The predicted octanol–water partition coefficient (Wildman–Crippen LogP) is 2.44. The highest BCUT2D eigenvalue weighted by Crippen LogP contribution is 2.31. The van der Waals surface area contributed by atoms with Crippen molar-refractivity contribution in [2.45, 2.75) is 38.0 Å². The van der Waals surface area contributed by atoms with Crippen LogP contribution in [0.1, 0.15) is 54.3 Å². The number of carbonyl (C=O) groups excluding carboxylic acids is 1. The van der Waals surface area contributed by atoms with Crippen LogP contribution in [0, 0.1) is 5.92 Å². The van der Waals surface area contributed by atoms with Crippen molar-refractivity contribution in [2.24, 2.45) is 5.92 Å². The van der Waals surface area contributed by atoms with Crippen molar-refractivity contribution in [3.63, 3.8) is 0 Å². The standard InChI is InChI=1S/C16H20N2O4/c19-15(11-5-2-1-3-6-11)18-8-4-7-12(9-18)14-13(16(20)21)17-10-22-14/h1-2,10-12H,3-9H2,(H,20,21)/t11-,12?/m1/s1. The van der Waals surface area contributed by atoms with Crippen molar-refractivity contribution in [1.82, 2.24) is 9.88 Å². The molecule has 2 heterocycles. The van der Waals surface area contributed by atoms with Gasteiger partial charge < -0.3 is 14.4 Å². The van der Waals surface area contributed by atoms with Crippen molar-refractivity contribution < 1.29 is 19.1 Å². The summed E-state index contributed by atoms with van der Waals surface area (Å²) in [5, 5.41) is 9.15. The van der Waals surface area contributed by atoms with E-state index in [0.717, 1.165) is 38.6 Å². The Morgan fingerprint density at radius 3 is 2.91 bits per heavy atom. The van der Waals surface area contributed by atoms with Crippen molar-refractivity contribution in [1.29, 1.82) is 0 Å². The van der Waals surface area contributed by atoms with Gasteiger partial charge in [0.05, 0.1) is 0 Å². The number of amides is 1. The Bertz CT molecular complexity index is 593. The number of aromatic carboxylic acids is 1. The van der Waals surface area contributed by atoms with Crippen LogP contribution >= 0.6 is 0 Å². The molecule has 6 nitrogen and oxygen atoms in total. The third kappa shape index (κ3) is 2.91. The lowest BCUT2D eigenvalue weighted by Crippen LogP contribution is -2.42. The summed E-state index contributed by atoms with van der Waals surface area (Å²) in [6.45, 7) is 1.26. The molecule has 0 radical (unpaired) electrons. The quantitative estimate of drug-likeness (QED) is 0.867. The maximum atomic E-state index is 12.6. The Balaban J connectivity index is 1.71. The monoisotopic (exact) mass is 304 g/mol. The zero-order valence-electron chi connectivity index (χ0n) is 12.4. The first kappa shape index (κ1) is 14.8. The number of nitrogens with zero attached hydrogens (tertiary/aromatic N) is 2. The van der Waals surface area contributed by atoms with Crippen LogP contribution in [-0.4, -0.2) is 40.0 Å². The Hall–Kier alpha value is -2.11. The molecular formula is C16H20N2O4. The molecule has 6 heteroatoms. The molecule has 0 spiro atoms. The zero-order chi connectivity index (χ0) is 15.5. The molecule has 1 aromatic rings. The molecule has 0 saturated carbocycles.